The summed E-state index contributed by atoms with van der Waals surface area (Å²) in [6.45, 7) is 5.83. The van der Waals surface area contributed by atoms with E-state index in [0.717, 1.165) is 51.0 Å². The zero-order valence-corrected chi connectivity index (χ0v) is 19.5. The Bertz CT molecular complexity index is 1160. The first kappa shape index (κ1) is 22.6. The van der Waals surface area contributed by atoms with Gasteiger partial charge in [-0.15, -0.1) is 0 Å². The van der Waals surface area contributed by atoms with E-state index in [4.69, 9.17) is 4.74 Å². The van der Waals surface area contributed by atoms with Crippen LogP contribution in [0.4, 0.5) is 15.8 Å². The molecular formula is C27H31FN4O2. The van der Waals surface area contributed by atoms with Crippen LogP contribution in [0.2, 0.25) is 0 Å². The van der Waals surface area contributed by atoms with Crippen LogP contribution in [0, 0.1) is 11.7 Å². The van der Waals surface area contributed by atoms with Crippen molar-refractivity contribution in [1.82, 2.24) is 15.2 Å². The van der Waals surface area contributed by atoms with Crippen LogP contribution in [0.15, 0.2) is 48.7 Å². The Morgan fingerprint density at radius 2 is 1.91 bits per heavy atom. The van der Waals surface area contributed by atoms with Gasteiger partial charge in [0.1, 0.15) is 0 Å². The molecule has 1 saturated carbocycles. The normalized spacial score (nSPS) is 17.0. The number of fused-ring (bicyclic) bond motifs is 1. The van der Waals surface area contributed by atoms with E-state index in [1.807, 2.05) is 30.3 Å². The largest absolute Gasteiger partial charge is 0.490 e. The van der Waals surface area contributed by atoms with Gasteiger partial charge in [0.25, 0.3) is 5.91 Å². The number of piperidine rings is 1. The number of benzene rings is 2. The molecule has 2 heterocycles. The van der Waals surface area contributed by atoms with Gasteiger partial charge in [-0.25, -0.2) is 4.39 Å². The molecule has 2 N–H and O–H groups in total. The Labute approximate surface area is 199 Å². The fourth-order valence-corrected chi connectivity index (χ4v) is 4.44. The van der Waals surface area contributed by atoms with E-state index in [1.165, 1.54) is 12.3 Å². The van der Waals surface area contributed by atoms with E-state index in [0.29, 0.717) is 34.7 Å². The number of carbonyl (C=O) groups excluding carboxylic acids is 1. The average Bonchev–Trinajstić information content (AvgIpc) is 3.68. The summed E-state index contributed by atoms with van der Waals surface area (Å²) in [6, 6.07) is 12.9. The molecule has 1 saturated heterocycles. The lowest BCUT2D eigenvalue weighted by molar-refractivity contribution is 0.0951. The maximum Gasteiger partial charge on any atom is 0.255 e. The molecule has 3 aromatic rings. The molecule has 0 spiro atoms. The van der Waals surface area contributed by atoms with Gasteiger partial charge in [0, 0.05) is 29.4 Å². The van der Waals surface area contributed by atoms with Crippen LogP contribution in [-0.4, -0.2) is 48.1 Å². The smallest absolute Gasteiger partial charge is 0.255 e. The number of amides is 1. The van der Waals surface area contributed by atoms with Crippen molar-refractivity contribution in [2.24, 2.45) is 5.92 Å². The van der Waals surface area contributed by atoms with Crippen molar-refractivity contribution in [3.8, 4) is 5.75 Å². The summed E-state index contributed by atoms with van der Waals surface area (Å²) in [4.78, 5) is 19.8. The molecule has 0 radical (unpaired) electrons. The van der Waals surface area contributed by atoms with Crippen molar-refractivity contribution in [2.75, 3.05) is 31.6 Å². The number of nitrogens with zero attached hydrogens (tertiary/aromatic N) is 2. The van der Waals surface area contributed by atoms with Crippen LogP contribution in [0.3, 0.4) is 0 Å². The van der Waals surface area contributed by atoms with Gasteiger partial charge in [0.15, 0.2) is 11.6 Å². The number of ether oxygens (including phenoxy) is 1. The molecule has 2 aliphatic rings. The summed E-state index contributed by atoms with van der Waals surface area (Å²) in [6.07, 6.45) is 5.61. The molecule has 0 bridgehead atoms. The zero-order chi connectivity index (χ0) is 23.5. The van der Waals surface area contributed by atoms with Crippen LogP contribution < -0.4 is 15.4 Å². The van der Waals surface area contributed by atoms with Crippen LogP contribution in [-0.2, 0) is 0 Å². The number of carbonyl (C=O) groups is 1. The summed E-state index contributed by atoms with van der Waals surface area (Å²) in [5, 5.41) is 7.06. The number of rotatable bonds is 8. The second-order valence-electron chi connectivity index (χ2n) is 9.27. The fraction of sp³-hybridized carbons (Fsp3) is 0.407. The van der Waals surface area contributed by atoms with Crippen molar-refractivity contribution >= 4 is 28.2 Å². The van der Waals surface area contributed by atoms with Crippen LogP contribution in [0.25, 0.3) is 10.9 Å². The second-order valence-corrected chi connectivity index (χ2v) is 9.27. The maximum atomic E-state index is 14.9. The molecule has 6 nitrogen and oxygen atoms in total. The first-order valence-corrected chi connectivity index (χ1v) is 12.2. The van der Waals surface area contributed by atoms with Gasteiger partial charge in [-0.3, -0.25) is 9.78 Å². The SMILES string of the molecule is CCN1CCC(COc2cc3c(Nc4ccccc4)c(C(=O)NC4CC4)cnc3cc2F)CC1. The number of halogens is 1. The molecule has 1 aliphatic heterocycles. The van der Waals surface area contributed by atoms with Crippen molar-refractivity contribution in [3.05, 3.63) is 60.0 Å². The highest BCUT2D eigenvalue weighted by atomic mass is 19.1. The molecule has 2 fully saturated rings. The highest BCUT2D eigenvalue weighted by Crippen LogP contribution is 2.34. The number of nitrogens with one attached hydrogen (secondary N) is 2. The molecule has 0 atom stereocenters. The van der Waals surface area contributed by atoms with Gasteiger partial charge >= 0.3 is 0 Å². The quantitative estimate of drug-likeness (QED) is 0.486. The molecule has 7 heteroatoms. The third-order valence-electron chi connectivity index (χ3n) is 6.75. The summed E-state index contributed by atoms with van der Waals surface area (Å²) in [5.74, 6) is -0.00619. The third kappa shape index (κ3) is 5.14. The lowest BCUT2D eigenvalue weighted by atomic mass is 9.98. The van der Waals surface area contributed by atoms with Gasteiger partial charge in [-0.05, 0) is 69.4 Å². The van der Waals surface area contributed by atoms with Gasteiger partial charge in [-0.2, -0.15) is 0 Å². The summed E-state index contributed by atoms with van der Waals surface area (Å²) >= 11 is 0. The Balaban J connectivity index is 1.45. The number of para-hydroxylation sites is 1. The van der Waals surface area contributed by atoms with E-state index >= 15 is 0 Å². The number of hydrogen-bond donors (Lipinski definition) is 2. The Morgan fingerprint density at radius 3 is 2.62 bits per heavy atom. The van der Waals surface area contributed by atoms with Gasteiger partial charge in [-0.1, -0.05) is 25.1 Å². The molecule has 2 aromatic carbocycles. The van der Waals surface area contributed by atoms with E-state index in [9.17, 15) is 9.18 Å². The molecule has 1 amide bonds. The molecule has 1 aliphatic carbocycles. The predicted octanol–water partition coefficient (Wildman–Crippen LogP) is 5.12. The van der Waals surface area contributed by atoms with Crippen molar-refractivity contribution in [1.29, 1.82) is 0 Å². The van der Waals surface area contributed by atoms with Crippen LogP contribution in [0.1, 0.15) is 43.0 Å². The summed E-state index contributed by atoms with van der Waals surface area (Å²) < 4.78 is 20.9. The summed E-state index contributed by atoms with van der Waals surface area (Å²) in [5.41, 5.74) is 2.36. The number of hydrogen-bond acceptors (Lipinski definition) is 5. The number of anilines is 2. The van der Waals surface area contributed by atoms with E-state index in [-0.39, 0.29) is 17.7 Å². The van der Waals surface area contributed by atoms with Crippen molar-refractivity contribution in [3.63, 3.8) is 0 Å². The molecule has 5 rings (SSSR count). The van der Waals surface area contributed by atoms with E-state index < -0.39 is 5.82 Å². The number of pyridine rings is 1. The molecular weight excluding hydrogens is 431 g/mol. The lowest BCUT2D eigenvalue weighted by Gasteiger charge is -2.30. The average molecular weight is 463 g/mol. The number of aromatic nitrogens is 1. The second kappa shape index (κ2) is 9.97. The predicted molar refractivity (Wildman–Crippen MR) is 132 cm³/mol. The lowest BCUT2D eigenvalue weighted by Crippen LogP contribution is -2.35. The fourth-order valence-electron chi connectivity index (χ4n) is 4.44. The maximum absolute atomic E-state index is 14.9. The highest BCUT2D eigenvalue weighted by molar-refractivity contribution is 6.08. The van der Waals surface area contributed by atoms with Crippen LogP contribution >= 0.6 is 0 Å². The minimum absolute atomic E-state index is 0.176. The number of likely N-dealkylation sites (tertiary alicyclic amines) is 1. The molecule has 178 valence electrons. The minimum atomic E-state index is -0.438. The monoisotopic (exact) mass is 462 g/mol. The van der Waals surface area contributed by atoms with E-state index in [1.54, 1.807) is 6.07 Å². The first-order chi connectivity index (χ1) is 16.6. The zero-order valence-electron chi connectivity index (χ0n) is 19.5. The van der Waals surface area contributed by atoms with Crippen molar-refractivity contribution in [2.45, 2.75) is 38.6 Å². The van der Waals surface area contributed by atoms with E-state index in [2.05, 4.69) is 27.4 Å². The Kier molecular flexibility index (Phi) is 6.63. The van der Waals surface area contributed by atoms with Gasteiger partial charge in [0.2, 0.25) is 0 Å². The molecule has 34 heavy (non-hydrogen) atoms. The van der Waals surface area contributed by atoms with Gasteiger partial charge in [0.05, 0.1) is 23.4 Å². The highest BCUT2D eigenvalue weighted by Gasteiger charge is 2.26. The summed E-state index contributed by atoms with van der Waals surface area (Å²) in [7, 11) is 0. The third-order valence-corrected chi connectivity index (χ3v) is 6.75. The Morgan fingerprint density at radius 1 is 1.15 bits per heavy atom. The topological polar surface area (TPSA) is 66.5 Å². The van der Waals surface area contributed by atoms with Gasteiger partial charge < -0.3 is 20.3 Å². The van der Waals surface area contributed by atoms with Crippen LogP contribution in [0.5, 0.6) is 5.75 Å². The minimum Gasteiger partial charge on any atom is -0.490 e. The Hall–Kier alpha value is -3.19. The first-order valence-electron chi connectivity index (χ1n) is 12.2. The van der Waals surface area contributed by atoms with Crippen molar-refractivity contribution < 1.29 is 13.9 Å². The standard InChI is InChI=1S/C27H31FN4O2/c1-2-32-12-10-18(11-13-32)17-34-25-14-21-24(15-23(25)28)29-16-22(27(33)31-20-8-9-20)26(21)30-19-6-4-3-5-7-19/h3-7,14-16,18,20H,2,8-13,17H2,1H3,(H,29,30)(H,31,33). The molecule has 1 aromatic heterocycles. The molecule has 0 unspecified atom stereocenters.